The van der Waals surface area contributed by atoms with Crippen molar-refractivity contribution in [2.45, 2.75) is 0 Å². The van der Waals surface area contributed by atoms with Crippen LogP contribution in [0.15, 0.2) is 30.3 Å². The van der Waals surface area contributed by atoms with E-state index in [1.54, 1.807) is 31.4 Å². The first-order chi connectivity index (χ1) is 9.92. The molecule has 0 radical (unpaired) electrons. The Labute approximate surface area is 121 Å². The third-order valence-corrected chi connectivity index (χ3v) is 2.52. The smallest absolute Gasteiger partial charge is 0.323 e. The fourth-order valence-corrected chi connectivity index (χ4v) is 1.55. The molecule has 0 unspecified atom stereocenters. The molecule has 7 nitrogen and oxygen atoms in total. The predicted octanol–water partition coefficient (Wildman–Crippen LogP) is 0.107. The number of hydrogen-bond acceptors (Lipinski definition) is 4. The van der Waals surface area contributed by atoms with E-state index >= 15 is 0 Å². The van der Waals surface area contributed by atoms with Crippen LogP contribution in [-0.4, -0.2) is 48.0 Å². The molecule has 0 fully saturated rings. The Morgan fingerprint density at radius 1 is 1.24 bits per heavy atom. The van der Waals surface area contributed by atoms with E-state index in [0.29, 0.717) is 5.75 Å². The molecule has 0 heterocycles. The summed E-state index contributed by atoms with van der Waals surface area (Å²) < 4.78 is 5.00. The monoisotopic (exact) mass is 292 g/mol. The van der Waals surface area contributed by atoms with E-state index in [0.717, 1.165) is 10.5 Å². The molecule has 2 amide bonds. The van der Waals surface area contributed by atoms with E-state index < -0.39 is 30.9 Å². The number of ether oxygens (including phenoxy) is 1. The van der Waals surface area contributed by atoms with E-state index in [4.69, 9.17) is 15.6 Å². The summed E-state index contributed by atoms with van der Waals surface area (Å²) in [5.41, 5.74) is 5.72. The fourth-order valence-electron chi connectivity index (χ4n) is 1.55. The van der Waals surface area contributed by atoms with Crippen LogP contribution in [0, 0.1) is 0 Å². The minimum absolute atomic E-state index is 0.446. The summed E-state index contributed by atoms with van der Waals surface area (Å²) >= 11 is 0. The van der Waals surface area contributed by atoms with Gasteiger partial charge in [-0.3, -0.25) is 14.4 Å². The molecule has 0 spiro atoms. The molecule has 21 heavy (non-hydrogen) atoms. The first kappa shape index (κ1) is 16.2. The molecule has 1 aromatic rings. The molecule has 0 atom stereocenters. The van der Waals surface area contributed by atoms with Crippen molar-refractivity contribution in [2.75, 3.05) is 20.2 Å². The predicted molar refractivity (Wildman–Crippen MR) is 75.4 cm³/mol. The van der Waals surface area contributed by atoms with Gasteiger partial charge in [-0.2, -0.15) is 0 Å². The number of benzene rings is 1. The fraction of sp³-hybridized carbons (Fsp3) is 0.214. The Balaban J connectivity index is 2.76. The van der Waals surface area contributed by atoms with E-state index in [1.165, 1.54) is 12.2 Å². The summed E-state index contributed by atoms with van der Waals surface area (Å²) in [6.07, 6.45) is 2.70. The van der Waals surface area contributed by atoms with Crippen LogP contribution in [0.1, 0.15) is 5.56 Å². The zero-order valence-corrected chi connectivity index (χ0v) is 11.5. The van der Waals surface area contributed by atoms with Crippen LogP contribution in [0.2, 0.25) is 0 Å². The van der Waals surface area contributed by atoms with Crippen LogP contribution in [0.25, 0.3) is 6.08 Å². The molecular weight excluding hydrogens is 276 g/mol. The zero-order chi connectivity index (χ0) is 15.8. The maximum atomic E-state index is 11.9. The molecule has 0 saturated heterocycles. The number of carboxylic acid groups (broad SMARTS) is 1. The standard InChI is InChI=1S/C14H16N2O5/c1-21-11-5-2-10(3-6-11)4-7-13(18)16(8-12(15)17)9-14(19)20/h2-7H,8-9H2,1H3,(H2,15,17)(H,19,20)/b7-4+. The highest BCUT2D eigenvalue weighted by Crippen LogP contribution is 2.12. The molecule has 1 aromatic carbocycles. The van der Waals surface area contributed by atoms with Gasteiger partial charge in [-0.05, 0) is 23.8 Å². The first-order valence-electron chi connectivity index (χ1n) is 6.03. The minimum Gasteiger partial charge on any atom is -0.497 e. The van der Waals surface area contributed by atoms with Crippen LogP contribution in [-0.2, 0) is 14.4 Å². The highest BCUT2D eigenvalue weighted by molar-refractivity contribution is 5.95. The van der Waals surface area contributed by atoms with Gasteiger partial charge >= 0.3 is 5.97 Å². The van der Waals surface area contributed by atoms with Crippen LogP contribution in [0.5, 0.6) is 5.75 Å². The molecule has 7 heteroatoms. The number of carboxylic acids is 1. The van der Waals surface area contributed by atoms with Crippen LogP contribution in [0.4, 0.5) is 0 Å². The van der Waals surface area contributed by atoms with Crippen molar-refractivity contribution >= 4 is 23.9 Å². The molecular formula is C14H16N2O5. The van der Waals surface area contributed by atoms with Crippen LogP contribution in [0.3, 0.4) is 0 Å². The average molecular weight is 292 g/mol. The summed E-state index contributed by atoms with van der Waals surface area (Å²) in [6, 6.07) is 6.92. The summed E-state index contributed by atoms with van der Waals surface area (Å²) in [5.74, 6) is -1.92. The van der Waals surface area contributed by atoms with E-state index in [1.807, 2.05) is 0 Å². The van der Waals surface area contributed by atoms with Gasteiger partial charge in [0.1, 0.15) is 18.8 Å². The number of amides is 2. The van der Waals surface area contributed by atoms with E-state index in [2.05, 4.69) is 0 Å². The topological polar surface area (TPSA) is 110 Å². The number of carbonyl (C=O) groups is 3. The van der Waals surface area contributed by atoms with E-state index in [-0.39, 0.29) is 0 Å². The largest absolute Gasteiger partial charge is 0.497 e. The Morgan fingerprint density at radius 2 is 1.86 bits per heavy atom. The number of nitrogens with zero attached hydrogens (tertiary/aromatic N) is 1. The molecule has 1 rings (SSSR count). The third-order valence-electron chi connectivity index (χ3n) is 2.52. The summed E-state index contributed by atoms with van der Waals surface area (Å²) in [5, 5.41) is 8.70. The second kappa shape index (κ2) is 7.68. The quantitative estimate of drug-likeness (QED) is 0.693. The first-order valence-corrected chi connectivity index (χ1v) is 6.03. The molecule has 0 aliphatic rings. The number of carbonyl (C=O) groups excluding carboxylic acids is 2. The maximum absolute atomic E-state index is 11.9. The van der Waals surface area contributed by atoms with Crippen molar-refractivity contribution in [1.82, 2.24) is 4.90 Å². The van der Waals surface area contributed by atoms with Crippen LogP contribution < -0.4 is 10.5 Å². The normalized spacial score (nSPS) is 10.3. The summed E-state index contributed by atoms with van der Waals surface area (Å²) in [4.78, 5) is 34.2. The Hall–Kier alpha value is -2.83. The summed E-state index contributed by atoms with van der Waals surface area (Å²) in [7, 11) is 1.54. The van der Waals surface area contributed by atoms with Gasteiger partial charge in [-0.1, -0.05) is 12.1 Å². The van der Waals surface area contributed by atoms with Gasteiger partial charge in [0.05, 0.1) is 7.11 Å². The lowest BCUT2D eigenvalue weighted by molar-refractivity contribution is -0.143. The lowest BCUT2D eigenvalue weighted by Crippen LogP contribution is -2.40. The third kappa shape index (κ3) is 5.77. The number of primary amides is 1. The molecule has 0 saturated carbocycles. The van der Waals surface area contributed by atoms with Crippen molar-refractivity contribution in [1.29, 1.82) is 0 Å². The van der Waals surface area contributed by atoms with Gasteiger partial charge in [0, 0.05) is 6.08 Å². The van der Waals surface area contributed by atoms with Crippen LogP contribution >= 0.6 is 0 Å². The molecule has 0 bridgehead atoms. The molecule has 0 aromatic heterocycles. The van der Waals surface area contributed by atoms with E-state index in [9.17, 15) is 14.4 Å². The highest BCUT2D eigenvalue weighted by atomic mass is 16.5. The maximum Gasteiger partial charge on any atom is 0.323 e. The second-order valence-corrected chi connectivity index (χ2v) is 4.16. The van der Waals surface area contributed by atoms with Gasteiger partial charge in [0.25, 0.3) is 0 Å². The minimum atomic E-state index is -1.22. The van der Waals surface area contributed by atoms with Gasteiger partial charge in [-0.15, -0.1) is 0 Å². The van der Waals surface area contributed by atoms with Gasteiger partial charge in [0.15, 0.2) is 0 Å². The van der Waals surface area contributed by atoms with Crippen molar-refractivity contribution in [3.63, 3.8) is 0 Å². The lowest BCUT2D eigenvalue weighted by atomic mass is 10.2. The van der Waals surface area contributed by atoms with Crippen molar-refractivity contribution in [2.24, 2.45) is 5.73 Å². The Morgan fingerprint density at radius 3 is 2.33 bits per heavy atom. The summed E-state index contributed by atoms with van der Waals surface area (Å²) in [6.45, 7) is -1.03. The SMILES string of the molecule is COc1ccc(/C=C/C(=O)N(CC(N)=O)CC(=O)O)cc1. The average Bonchev–Trinajstić information content (AvgIpc) is 2.43. The van der Waals surface area contributed by atoms with Gasteiger partial charge < -0.3 is 20.5 Å². The second-order valence-electron chi connectivity index (χ2n) is 4.16. The van der Waals surface area contributed by atoms with Gasteiger partial charge in [0.2, 0.25) is 11.8 Å². The van der Waals surface area contributed by atoms with Crippen molar-refractivity contribution in [3.05, 3.63) is 35.9 Å². The Kier molecular flexibility index (Phi) is 5.94. The molecule has 0 aliphatic heterocycles. The number of methoxy groups -OCH3 is 1. The number of hydrogen-bond donors (Lipinski definition) is 2. The molecule has 3 N–H and O–H groups in total. The van der Waals surface area contributed by atoms with Crippen molar-refractivity contribution in [3.8, 4) is 5.75 Å². The number of rotatable bonds is 7. The zero-order valence-electron chi connectivity index (χ0n) is 11.5. The lowest BCUT2D eigenvalue weighted by Gasteiger charge is -2.16. The highest BCUT2D eigenvalue weighted by Gasteiger charge is 2.16. The molecule has 0 aliphatic carbocycles. The number of nitrogens with two attached hydrogens (primary N) is 1. The Bertz CT molecular complexity index is 535. The van der Waals surface area contributed by atoms with Crippen molar-refractivity contribution < 1.29 is 24.2 Å². The molecule has 112 valence electrons. The number of aliphatic carboxylic acids is 1. The van der Waals surface area contributed by atoms with Gasteiger partial charge in [-0.25, -0.2) is 0 Å².